The highest BCUT2D eigenvalue weighted by Gasteiger charge is 2.25. The molecule has 80 valence electrons. The van der Waals surface area contributed by atoms with E-state index in [-0.39, 0.29) is 11.9 Å². The number of carbonyl (C=O) groups is 1. The summed E-state index contributed by atoms with van der Waals surface area (Å²) in [7, 11) is 0. The van der Waals surface area contributed by atoms with Crippen molar-refractivity contribution in [1.29, 1.82) is 0 Å². The van der Waals surface area contributed by atoms with Crippen molar-refractivity contribution in [2.45, 2.75) is 33.3 Å². The summed E-state index contributed by atoms with van der Waals surface area (Å²) >= 11 is 0. The summed E-state index contributed by atoms with van der Waals surface area (Å²) in [6.07, 6.45) is 1.19. The molecule has 0 saturated heterocycles. The molecule has 1 aromatic carbocycles. The molecular formula is C13H16O2. The number of hydrogen-bond acceptors (Lipinski definition) is 2. The second kappa shape index (κ2) is 3.69. The van der Waals surface area contributed by atoms with Crippen LogP contribution in [-0.4, -0.2) is 11.9 Å². The summed E-state index contributed by atoms with van der Waals surface area (Å²) in [5.74, 6) is 1.57. The van der Waals surface area contributed by atoms with Crippen LogP contribution in [0.3, 0.4) is 0 Å². The minimum Gasteiger partial charge on any atom is -0.490 e. The van der Waals surface area contributed by atoms with Crippen LogP contribution in [0.15, 0.2) is 18.2 Å². The van der Waals surface area contributed by atoms with E-state index < -0.39 is 0 Å². The molecule has 1 aliphatic rings. The van der Waals surface area contributed by atoms with Gasteiger partial charge in [-0.15, -0.1) is 0 Å². The van der Waals surface area contributed by atoms with Gasteiger partial charge in [0.1, 0.15) is 11.9 Å². The van der Waals surface area contributed by atoms with E-state index in [9.17, 15) is 4.79 Å². The Morgan fingerprint density at radius 3 is 2.80 bits per heavy atom. The molecule has 1 aliphatic heterocycles. The van der Waals surface area contributed by atoms with Gasteiger partial charge in [-0.2, -0.15) is 0 Å². The molecule has 0 aromatic heterocycles. The number of ketones is 1. The molecule has 2 heteroatoms. The van der Waals surface area contributed by atoms with Gasteiger partial charge in [-0.1, -0.05) is 13.8 Å². The summed E-state index contributed by atoms with van der Waals surface area (Å²) in [5, 5.41) is 0. The number of carbonyl (C=O) groups excluding carboxylic acids is 1. The van der Waals surface area contributed by atoms with Crippen molar-refractivity contribution in [1.82, 2.24) is 0 Å². The second-order valence-electron chi connectivity index (χ2n) is 4.48. The number of hydrogen-bond donors (Lipinski definition) is 0. The summed E-state index contributed by atoms with van der Waals surface area (Å²) in [5.41, 5.74) is 1.95. The molecule has 2 nitrogen and oxygen atoms in total. The van der Waals surface area contributed by atoms with Crippen molar-refractivity contribution < 1.29 is 9.53 Å². The molecule has 15 heavy (non-hydrogen) atoms. The molecular weight excluding hydrogens is 188 g/mol. The van der Waals surface area contributed by atoms with Crippen molar-refractivity contribution in [2.75, 3.05) is 0 Å². The lowest BCUT2D eigenvalue weighted by Gasteiger charge is -2.13. The molecule has 0 spiro atoms. The molecule has 0 aliphatic carbocycles. The Labute approximate surface area is 90.3 Å². The smallest absolute Gasteiger partial charge is 0.159 e. The maximum absolute atomic E-state index is 11.2. The number of Topliss-reactive ketones (excluding diaryl/α,β-unsaturated/α-hetero) is 1. The minimum absolute atomic E-state index is 0.116. The van der Waals surface area contributed by atoms with Crippen LogP contribution in [0.2, 0.25) is 0 Å². The van der Waals surface area contributed by atoms with Gasteiger partial charge in [0.2, 0.25) is 0 Å². The predicted octanol–water partition coefficient (Wildman–Crippen LogP) is 2.85. The van der Waals surface area contributed by atoms with Gasteiger partial charge in [0, 0.05) is 12.0 Å². The summed E-state index contributed by atoms with van der Waals surface area (Å²) in [4.78, 5) is 11.2. The monoisotopic (exact) mass is 204 g/mol. The van der Waals surface area contributed by atoms with Crippen LogP contribution >= 0.6 is 0 Å². The van der Waals surface area contributed by atoms with E-state index >= 15 is 0 Å². The van der Waals surface area contributed by atoms with Gasteiger partial charge >= 0.3 is 0 Å². The summed E-state index contributed by atoms with van der Waals surface area (Å²) in [6, 6.07) is 5.71. The van der Waals surface area contributed by atoms with Crippen LogP contribution in [0.4, 0.5) is 0 Å². The average molecular weight is 204 g/mol. The highest BCUT2D eigenvalue weighted by Crippen LogP contribution is 2.32. The van der Waals surface area contributed by atoms with Gasteiger partial charge in [-0.25, -0.2) is 0 Å². The van der Waals surface area contributed by atoms with Crippen LogP contribution in [0.1, 0.15) is 36.7 Å². The molecule has 1 aromatic rings. The number of rotatable bonds is 2. The molecule has 0 radical (unpaired) electrons. The molecule has 0 saturated carbocycles. The van der Waals surface area contributed by atoms with Gasteiger partial charge in [0.15, 0.2) is 5.78 Å². The SMILES string of the molecule is CC(=O)c1ccc2c(c1)C[C@H](C(C)C)O2. The first kappa shape index (κ1) is 10.2. The van der Waals surface area contributed by atoms with E-state index in [1.165, 1.54) is 5.56 Å². The molecule has 1 atom stereocenters. The highest BCUT2D eigenvalue weighted by molar-refractivity contribution is 5.94. The molecule has 0 amide bonds. The molecule has 0 bridgehead atoms. The lowest BCUT2D eigenvalue weighted by Crippen LogP contribution is -2.19. The zero-order valence-electron chi connectivity index (χ0n) is 9.41. The standard InChI is InChI=1S/C13H16O2/c1-8(2)13-7-11-6-10(9(3)14)4-5-12(11)15-13/h4-6,8,13H,7H2,1-3H3/t13-/m1/s1. The number of ether oxygens (including phenoxy) is 1. The highest BCUT2D eigenvalue weighted by atomic mass is 16.5. The number of fused-ring (bicyclic) bond motifs is 1. The van der Waals surface area contributed by atoms with E-state index in [1.807, 2.05) is 18.2 Å². The quantitative estimate of drug-likeness (QED) is 0.692. The Morgan fingerprint density at radius 2 is 2.20 bits per heavy atom. The fourth-order valence-corrected chi connectivity index (χ4v) is 1.87. The van der Waals surface area contributed by atoms with Gasteiger partial charge < -0.3 is 4.74 Å². The molecule has 0 N–H and O–H groups in total. The lowest BCUT2D eigenvalue weighted by molar-refractivity contribution is 0.101. The first-order chi connectivity index (χ1) is 7.08. The third-order valence-corrected chi connectivity index (χ3v) is 2.91. The third kappa shape index (κ3) is 1.89. The molecule has 1 heterocycles. The first-order valence-electron chi connectivity index (χ1n) is 5.38. The predicted molar refractivity (Wildman–Crippen MR) is 59.4 cm³/mol. The van der Waals surface area contributed by atoms with Gasteiger partial charge in [0.05, 0.1) is 0 Å². The maximum Gasteiger partial charge on any atom is 0.159 e. The largest absolute Gasteiger partial charge is 0.490 e. The zero-order valence-corrected chi connectivity index (χ0v) is 9.41. The zero-order chi connectivity index (χ0) is 11.0. The Morgan fingerprint density at radius 1 is 1.47 bits per heavy atom. The summed E-state index contributed by atoms with van der Waals surface area (Å²) < 4.78 is 5.79. The first-order valence-corrected chi connectivity index (χ1v) is 5.38. The van der Waals surface area contributed by atoms with Gasteiger partial charge in [-0.05, 0) is 36.6 Å². The van der Waals surface area contributed by atoms with E-state index in [0.29, 0.717) is 5.92 Å². The van der Waals surface area contributed by atoms with Gasteiger partial charge in [0.25, 0.3) is 0 Å². The topological polar surface area (TPSA) is 26.3 Å². The maximum atomic E-state index is 11.2. The summed E-state index contributed by atoms with van der Waals surface area (Å²) in [6.45, 7) is 5.91. The van der Waals surface area contributed by atoms with Crippen LogP contribution < -0.4 is 4.74 Å². The van der Waals surface area contributed by atoms with E-state index in [2.05, 4.69) is 13.8 Å². The Balaban J connectivity index is 2.27. The second-order valence-corrected chi connectivity index (χ2v) is 4.48. The van der Waals surface area contributed by atoms with E-state index in [4.69, 9.17) is 4.74 Å². The minimum atomic E-state index is 0.116. The van der Waals surface area contributed by atoms with Crippen LogP contribution in [0, 0.1) is 5.92 Å². The Kier molecular flexibility index (Phi) is 2.51. The fourth-order valence-electron chi connectivity index (χ4n) is 1.87. The van der Waals surface area contributed by atoms with Crippen molar-refractivity contribution >= 4 is 5.78 Å². The van der Waals surface area contributed by atoms with Crippen LogP contribution in [0.25, 0.3) is 0 Å². The van der Waals surface area contributed by atoms with Crippen molar-refractivity contribution in [3.8, 4) is 5.75 Å². The lowest BCUT2D eigenvalue weighted by atomic mass is 10.00. The Hall–Kier alpha value is -1.31. The Bertz CT molecular complexity index is 394. The van der Waals surface area contributed by atoms with Crippen molar-refractivity contribution in [3.63, 3.8) is 0 Å². The normalized spacial score (nSPS) is 18.8. The average Bonchev–Trinajstić information content (AvgIpc) is 2.59. The van der Waals surface area contributed by atoms with E-state index in [0.717, 1.165) is 17.7 Å². The molecule has 0 fully saturated rings. The van der Waals surface area contributed by atoms with Crippen molar-refractivity contribution in [2.24, 2.45) is 5.92 Å². The van der Waals surface area contributed by atoms with Gasteiger partial charge in [-0.3, -0.25) is 4.79 Å². The fraction of sp³-hybridized carbons (Fsp3) is 0.462. The van der Waals surface area contributed by atoms with Crippen molar-refractivity contribution in [3.05, 3.63) is 29.3 Å². The van der Waals surface area contributed by atoms with Crippen LogP contribution in [0.5, 0.6) is 5.75 Å². The molecule has 0 unspecified atom stereocenters. The van der Waals surface area contributed by atoms with E-state index in [1.54, 1.807) is 6.92 Å². The van der Waals surface area contributed by atoms with Crippen LogP contribution in [-0.2, 0) is 6.42 Å². The third-order valence-electron chi connectivity index (χ3n) is 2.91. The number of benzene rings is 1. The molecule has 2 rings (SSSR count).